The molecule has 0 saturated heterocycles. The van der Waals surface area contributed by atoms with Gasteiger partial charge in [0.25, 0.3) is 0 Å². The fourth-order valence-corrected chi connectivity index (χ4v) is 3.26. The van der Waals surface area contributed by atoms with Crippen molar-refractivity contribution in [1.82, 2.24) is 0 Å². The lowest BCUT2D eigenvalue weighted by atomic mass is 9.66. The van der Waals surface area contributed by atoms with Gasteiger partial charge in [-0.15, -0.1) is 11.8 Å². The molecule has 5 nitrogen and oxygen atoms in total. The Balaban J connectivity index is 1.98. The van der Waals surface area contributed by atoms with Gasteiger partial charge in [-0.2, -0.15) is 0 Å². The summed E-state index contributed by atoms with van der Waals surface area (Å²) in [5, 5.41) is 2.93. The maximum atomic E-state index is 12.2. The van der Waals surface area contributed by atoms with E-state index in [9.17, 15) is 9.59 Å². The monoisotopic (exact) mass is 307 g/mol. The van der Waals surface area contributed by atoms with Crippen molar-refractivity contribution in [3.63, 3.8) is 0 Å². The summed E-state index contributed by atoms with van der Waals surface area (Å²) in [6, 6.07) is 7.42. The van der Waals surface area contributed by atoms with E-state index in [2.05, 4.69) is 5.32 Å². The molecule has 0 radical (unpaired) electrons. The SMILES string of the molecule is NCC1(CC(=O)Nc2ccccc2SCC(N)=O)CCC1. The van der Waals surface area contributed by atoms with Gasteiger partial charge in [0.05, 0.1) is 11.4 Å². The van der Waals surface area contributed by atoms with Crippen LogP contribution in [0.15, 0.2) is 29.2 Å². The van der Waals surface area contributed by atoms with Crippen LogP contribution in [0, 0.1) is 5.41 Å². The number of hydrogen-bond acceptors (Lipinski definition) is 4. The molecule has 0 unspecified atom stereocenters. The molecule has 2 amide bonds. The normalized spacial score (nSPS) is 16.0. The van der Waals surface area contributed by atoms with Gasteiger partial charge in [-0.05, 0) is 36.9 Å². The van der Waals surface area contributed by atoms with Crippen LogP contribution in [-0.2, 0) is 9.59 Å². The number of amides is 2. The minimum atomic E-state index is -0.377. The predicted molar refractivity (Wildman–Crippen MR) is 84.9 cm³/mol. The van der Waals surface area contributed by atoms with Crippen molar-refractivity contribution in [1.29, 1.82) is 0 Å². The van der Waals surface area contributed by atoms with E-state index < -0.39 is 0 Å². The van der Waals surface area contributed by atoms with Crippen LogP contribution in [-0.4, -0.2) is 24.1 Å². The first-order valence-corrected chi connectivity index (χ1v) is 8.03. The van der Waals surface area contributed by atoms with Crippen molar-refractivity contribution in [2.24, 2.45) is 16.9 Å². The zero-order valence-corrected chi connectivity index (χ0v) is 12.7. The summed E-state index contributed by atoms with van der Waals surface area (Å²) in [7, 11) is 0. The van der Waals surface area contributed by atoms with Gasteiger partial charge in [-0.25, -0.2) is 0 Å². The number of hydrogen-bond donors (Lipinski definition) is 3. The Morgan fingerprint density at radius 3 is 2.57 bits per heavy atom. The van der Waals surface area contributed by atoms with E-state index in [1.54, 1.807) is 0 Å². The molecule has 1 saturated carbocycles. The second-order valence-corrected chi connectivity index (χ2v) is 6.55. The molecule has 0 heterocycles. The van der Waals surface area contributed by atoms with E-state index in [4.69, 9.17) is 11.5 Å². The van der Waals surface area contributed by atoms with Crippen LogP contribution < -0.4 is 16.8 Å². The number of carbonyl (C=O) groups excluding carboxylic acids is 2. The molecule has 114 valence electrons. The maximum Gasteiger partial charge on any atom is 0.227 e. The third-order valence-electron chi connectivity index (χ3n) is 3.91. The minimum absolute atomic E-state index is 0.0145. The molecule has 0 aromatic heterocycles. The predicted octanol–water partition coefficient (Wildman–Crippen LogP) is 1.72. The van der Waals surface area contributed by atoms with E-state index in [0.29, 0.717) is 13.0 Å². The van der Waals surface area contributed by atoms with Gasteiger partial charge in [0.15, 0.2) is 0 Å². The Morgan fingerprint density at radius 2 is 2.00 bits per heavy atom. The number of nitrogens with two attached hydrogens (primary N) is 2. The number of primary amides is 1. The first-order valence-electron chi connectivity index (χ1n) is 7.05. The molecule has 6 heteroatoms. The summed E-state index contributed by atoms with van der Waals surface area (Å²) in [5.74, 6) is -0.204. The summed E-state index contributed by atoms with van der Waals surface area (Å²) < 4.78 is 0. The molecule has 0 spiro atoms. The van der Waals surface area contributed by atoms with Crippen LogP contribution in [0.5, 0.6) is 0 Å². The zero-order chi connectivity index (χ0) is 15.3. The van der Waals surface area contributed by atoms with E-state index in [-0.39, 0.29) is 23.0 Å². The van der Waals surface area contributed by atoms with Crippen LogP contribution >= 0.6 is 11.8 Å². The van der Waals surface area contributed by atoms with E-state index in [1.165, 1.54) is 11.8 Å². The Labute approximate surface area is 128 Å². The topological polar surface area (TPSA) is 98.2 Å². The lowest BCUT2D eigenvalue weighted by Crippen LogP contribution is -2.40. The highest BCUT2D eigenvalue weighted by Gasteiger charge is 2.37. The Hall–Kier alpha value is -1.53. The van der Waals surface area contributed by atoms with Gasteiger partial charge in [-0.3, -0.25) is 9.59 Å². The summed E-state index contributed by atoms with van der Waals surface area (Å²) in [6.07, 6.45) is 3.65. The summed E-state index contributed by atoms with van der Waals surface area (Å²) in [6.45, 7) is 0.554. The van der Waals surface area contributed by atoms with Crippen molar-refractivity contribution in [2.75, 3.05) is 17.6 Å². The Morgan fingerprint density at radius 1 is 1.29 bits per heavy atom. The van der Waals surface area contributed by atoms with E-state index >= 15 is 0 Å². The van der Waals surface area contributed by atoms with E-state index in [0.717, 1.165) is 29.8 Å². The largest absolute Gasteiger partial charge is 0.369 e. The van der Waals surface area contributed by atoms with Gasteiger partial charge in [0, 0.05) is 11.3 Å². The molecule has 2 rings (SSSR count). The highest BCUT2D eigenvalue weighted by molar-refractivity contribution is 8.00. The maximum absolute atomic E-state index is 12.2. The molecule has 1 aromatic carbocycles. The number of carbonyl (C=O) groups is 2. The highest BCUT2D eigenvalue weighted by Crippen LogP contribution is 2.43. The molecule has 0 bridgehead atoms. The standard InChI is InChI=1S/C15H21N3O2S/c16-10-15(6-3-7-15)8-14(20)18-11-4-1-2-5-12(11)21-9-13(17)19/h1-2,4-5H,3,6-10,16H2,(H2,17,19)(H,18,20). The average Bonchev–Trinajstić information content (AvgIpc) is 2.42. The third kappa shape index (κ3) is 4.22. The molecule has 1 aliphatic carbocycles. The molecule has 1 fully saturated rings. The highest BCUT2D eigenvalue weighted by atomic mass is 32.2. The van der Waals surface area contributed by atoms with Crippen LogP contribution in [0.1, 0.15) is 25.7 Å². The second-order valence-electron chi connectivity index (χ2n) is 5.53. The zero-order valence-electron chi connectivity index (χ0n) is 11.9. The van der Waals surface area contributed by atoms with Crippen LogP contribution in [0.25, 0.3) is 0 Å². The van der Waals surface area contributed by atoms with Crippen LogP contribution in [0.3, 0.4) is 0 Å². The van der Waals surface area contributed by atoms with Crippen molar-refractivity contribution in [3.8, 4) is 0 Å². The van der Waals surface area contributed by atoms with Gasteiger partial charge < -0.3 is 16.8 Å². The van der Waals surface area contributed by atoms with Crippen molar-refractivity contribution >= 4 is 29.3 Å². The second kappa shape index (κ2) is 6.95. The molecule has 1 aliphatic rings. The molecule has 0 aliphatic heterocycles. The molecular formula is C15H21N3O2S. The lowest BCUT2D eigenvalue weighted by molar-refractivity contribution is -0.119. The Bertz CT molecular complexity index is 524. The third-order valence-corrected chi connectivity index (χ3v) is 5.01. The molecule has 1 aromatic rings. The molecule has 5 N–H and O–H groups in total. The summed E-state index contributed by atoms with van der Waals surface area (Å²) in [5.41, 5.74) is 11.7. The molecule has 0 atom stereocenters. The van der Waals surface area contributed by atoms with Crippen LogP contribution in [0.2, 0.25) is 0 Å². The van der Waals surface area contributed by atoms with Gasteiger partial charge >= 0.3 is 0 Å². The Kier molecular flexibility index (Phi) is 5.25. The minimum Gasteiger partial charge on any atom is -0.369 e. The number of benzene rings is 1. The number of rotatable bonds is 7. The van der Waals surface area contributed by atoms with E-state index in [1.807, 2.05) is 24.3 Å². The van der Waals surface area contributed by atoms with Crippen LogP contribution in [0.4, 0.5) is 5.69 Å². The van der Waals surface area contributed by atoms with Gasteiger partial charge in [-0.1, -0.05) is 18.6 Å². The first kappa shape index (κ1) is 15.9. The summed E-state index contributed by atoms with van der Waals surface area (Å²) >= 11 is 1.33. The number of nitrogens with one attached hydrogen (secondary N) is 1. The van der Waals surface area contributed by atoms with Crippen molar-refractivity contribution in [2.45, 2.75) is 30.6 Å². The van der Waals surface area contributed by atoms with Gasteiger partial charge in [0.2, 0.25) is 11.8 Å². The molecule has 21 heavy (non-hydrogen) atoms. The fraction of sp³-hybridized carbons (Fsp3) is 0.467. The number of thioether (sulfide) groups is 1. The van der Waals surface area contributed by atoms with Crippen molar-refractivity contribution < 1.29 is 9.59 Å². The number of anilines is 1. The summed E-state index contributed by atoms with van der Waals surface area (Å²) in [4.78, 5) is 23.9. The number of para-hydroxylation sites is 1. The lowest BCUT2D eigenvalue weighted by Gasteiger charge is -2.40. The average molecular weight is 307 g/mol. The smallest absolute Gasteiger partial charge is 0.227 e. The quantitative estimate of drug-likeness (QED) is 0.668. The first-order chi connectivity index (χ1) is 10.0. The molecular weight excluding hydrogens is 286 g/mol. The van der Waals surface area contributed by atoms with Crippen molar-refractivity contribution in [3.05, 3.63) is 24.3 Å². The van der Waals surface area contributed by atoms with Gasteiger partial charge in [0.1, 0.15) is 0 Å². The fourth-order valence-electron chi connectivity index (χ4n) is 2.51.